The Morgan fingerprint density at radius 2 is 1.97 bits per heavy atom. The number of rotatable bonds is 4. The van der Waals surface area contributed by atoms with Crippen molar-refractivity contribution in [3.05, 3.63) is 52.2 Å². The van der Waals surface area contributed by atoms with E-state index < -0.39 is 12.2 Å². The average molecular weight is 426 g/mol. The van der Waals surface area contributed by atoms with Gasteiger partial charge in [-0.3, -0.25) is 0 Å². The number of benzene rings is 2. The Labute approximate surface area is 178 Å². The lowest BCUT2D eigenvalue weighted by Gasteiger charge is -2.20. The van der Waals surface area contributed by atoms with Crippen molar-refractivity contribution in [3.8, 4) is 11.8 Å². The molecule has 0 aliphatic carbocycles. The maximum absolute atomic E-state index is 9.93. The van der Waals surface area contributed by atoms with Crippen LogP contribution in [0.1, 0.15) is 16.8 Å². The summed E-state index contributed by atoms with van der Waals surface area (Å²) in [5, 5.41) is 39.8. The molecule has 0 amide bonds. The van der Waals surface area contributed by atoms with Crippen LogP contribution in [0.3, 0.4) is 0 Å². The molecule has 4 rings (SSSR count). The number of β-amino-alcohol motifs (C(OH)–C–C–N with tert-alkyl or cyclic N) is 2. The first-order valence-electron chi connectivity index (χ1n) is 9.34. The van der Waals surface area contributed by atoms with Gasteiger partial charge in [-0.15, -0.1) is 5.10 Å². The molecule has 9 heteroatoms. The van der Waals surface area contributed by atoms with E-state index in [1.54, 1.807) is 36.3 Å². The van der Waals surface area contributed by atoms with Gasteiger partial charge in [-0.05, 0) is 29.8 Å². The topological polar surface area (TPSA) is 129 Å². The second-order valence-electron chi connectivity index (χ2n) is 7.22. The fourth-order valence-electron chi connectivity index (χ4n) is 3.74. The summed E-state index contributed by atoms with van der Waals surface area (Å²) in [5.41, 5.74) is 8.48. The van der Waals surface area contributed by atoms with Crippen LogP contribution in [0, 0.1) is 11.3 Å². The number of nitriles is 1. The van der Waals surface area contributed by atoms with Crippen LogP contribution in [0.25, 0.3) is 10.8 Å². The van der Waals surface area contributed by atoms with Crippen molar-refractivity contribution in [3.63, 3.8) is 0 Å². The van der Waals surface area contributed by atoms with Crippen molar-refractivity contribution in [2.45, 2.75) is 18.6 Å². The monoisotopic (exact) mass is 425 g/mol. The molecule has 154 valence electrons. The molecular weight excluding hydrogens is 406 g/mol. The summed E-state index contributed by atoms with van der Waals surface area (Å²) in [6.45, 7) is 0.469. The summed E-state index contributed by atoms with van der Waals surface area (Å²) in [7, 11) is 1.55. The molecule has 1 aliphatic heterocycles. The predicted octanol–water partition coefficient (Wildman–Crippen LogP) is 1.88. The van der Waals surface area contributed by atoms with Crippen molar-refractivity contribution in [1.82, 2.24) is 10.2 Å². The normalized spacial score (nSPS) is 18.6. The number of anilines is 2. The number of aromatic nitrogens is 2. The summed E-state index contributed by atoms with van der Waals surface area (Å²) >= 11 is 6.25. The Morgan fingerprint density at radius 1 is 1.23 bits per heavy atom. The second-order valence-corrected chi connectivity index (χ2v) is 7.62. The van der Waals surface area contributed by atoms with E-state index in [2.05, 4.69) is 16.3 Å². The van der Waals surface area contributed by atoms with Crippen LogP contribution >= 0.6 is 11.6 Å². The van der Waals surface area contributed by atoms with E-state index in [1.807, 2.05) is 6.07 Å². The van der Waals surface area contributed by atoms with Crippen molar-refractivity contribution >= 4 is 33.9 Å². The van der Waals surface area contributed by atoms with Gasteiger partial charge in [-0.1, -0.05) is 17.7 Å². The standard InChI is InChI=1S/C21H20ClN5O3/c1-30-18-5-2-11(6-14(18)22)7-15-19-13(4-3-12(8-23)20(19)24)21(26-25-15)27-9-16(28)17(29)10-27/h2-6,16-17,28-29H,7,9-10,24H2,1H3. The average Bonchev–Trinajstić information content (AvgIpc) is 3.06. The molecule has 2 unspecified atom stereocenters. The van der Waals surface area contributed by atoms with E-state index in [1.165, 1.54) is 0 Å². The number of methoxy groups -OCH3 is 1. The van der Waals surface area contributed by atoms with E-state index >= 15 is 0 Å². The second kappa shape index (κ2) is 7.95. The van der Waals surface area contributed by atoms with Crippen molar-refractivity contribution in [2.75, 3.05) is 30.8 Å². The largest absolute Gasteiger partial charge is 0.495 e. The Balaban J connectivity index is 1.83. The van der Waals surface area contributed by atoms with E-state index in [9.17, 15) is 15.5 Å². The highest BCUT2D eigenvalue weighted by Crippen LogP contribution is 2.35. The molecule has 30 heavy (non-hydrogen) atoms. The SMILES string of the molecule is COc1ccc(Cc2nnc(N3CC(O)C(O)C3)c3ccc(C#N)c(N)c23)cc1Cl. The number of fused-ring (bicyclic) bond motifs is 1. The summed E-state index contributed by atoms with van der Waals surface area (Å²) in [4.78, 5) is 1.77. The third-order valence-corrected chi connectivity index (χ3v) is 5.60. The van der Waals surface area contributed by atoms with Gasteiger partial charge in [-0.2, -0.15) is 10.4 Å². The van der Waals surface area contributed by atoms with Gasteiger partial charge in [0.2, 0.25) is 0 Å². The minimum Gasteiger partial charge on any atom is -0.495 e. The first kappa shape index (κ1) is 20.2. The van der Waals surface area contributed by atoms with Gasteiger partial charge in [0, 0.05) is 30.3 Å². The number of nitrogens with two attached hydrogens (primary N) is 1. The first-order chi connectivity index (χ1) is 14.4. The van der Waals surface area contributed by atoms with Gasteiger partial charge in [0.15, 0.2) is 5.82 Å². The van der Waals surface area contributed by atoms with E-state index in [-0.39, 0.29) is 13.1 Å². The zero-order valence-electron chi connectivity index (χ0n) is 16.2. The Kier molecular flexibility index (Phi) is 5.35. The molecule has 0 radical (unpaired) electrons. The molecule has 2 heterocycles. The molecule has 2 atom stereocenters. The van der Waals surface area contributed by atoms with Crippen LogP contribution in [-0.2, 0) is 6.42 Å². The van der Waals surface area contributed by atoms with Gasteiger partial charge in [0.25, 0.3) is 0 Å². The maximum Gasteiger partial charge on any atom is 0.159 e. The van der Waals surface area contributed by atoms with Gasteiger partial charge in [0.05, 0.1) is 41.3 Å². The number of halogens is 1. The maximum atomic E-state index is 9.93. The van der Waals surface area contributed by atoms with E-state index in [4.69, 9.17) is 22.1 Å². The zero-order chi connectivity index (χ0) is 21.4. The lowest BCUT2D eigenvalue weighted by Crippen LogP contribution is -2.23. The number of aliphatic hydroxyl groups is 2. The summed E-state index contributed by atoms with van der Waals surface area (Å²) < 4.78 is 5.20. The Bertz CT molecular complexity index is 1150. The Morgan fingerprint density at radius 3 is 2.60 bits per heavy atom. The van der Waals surface area contributed by atoms with Crippen LogP contribution < -0.4 is 15.4 Å². The summed E-state index contributed by atoms with van der Waals surface area (Å²) in [6, 6.07) is 11.0. The van der Waals surface area contributed by atoms with E-state index in [0.29, 0.717) is 50.7 Å². The fourth-order valence-corrected chi connectivity index (χ4v) is 4.02. The summed E-state index contributed by atoms with van der Waals surface area (Å²) in [5.74, 6) is 1.08. The van der Waals surface area contributed by atoms with Gasteiger partial charge in [0.1, 0.15) is 11.8 Å². The summed E-state index contributed by atoms with van der Waals surface area (Å²) in [6.07, 6.45) is -1.32. The van der Waals surface area contributed by atoms with Gasteiger partial charge < -0.3 is 25.6 Å². The van der Waals surface area contributed by atoms with Crippen LogP contribution in [0.2, 0.25) is 5.02 Å². The quantitative estimate of drug-likeness (QED) is 0.540. The number of nitrogens with zero attached hydrogens (tertiary/aromatic N) is 4. The smallest absolute Gasteiger partial charge is 0.159 e. The molecule has 1 saturated heterocycles. The van der Waals surface area contributed by atoms with Crippen molar-refractivity contribution in [1.29, 1.82) is 5.26 Å². The van der Waals surface area contributed by atoms with Crippen LogP contribution in [0.15, 0.2) is 30.3 Å². The Hall–Kier alpha value is -3.12. The number of ether oxygens (including phenoxy) is 1. The molecule has 3 aromatic rings. The van der Waals surface area contributed by atoms with Crippen LogP contribution in [0.5, 0.6) is 5.75 Å². The number of nitrogen functional groups attached to an aromatic ring is 1. The predicted molar refractivity (Wildman–Crippen MR) is 114 cm³/mol. The fraction of sp³-hybridized carbons (Fsp3) is 0.286. The third-order valence-electron chi connectivity index (χ3n) is 5.31. The lowest BCUT2D eigenvalue weighted by molar-refractivity contribution is 0.0572. The molecule has 8 nitrogen and oxygen atoms in total. The highest BCUT2D eigenvalue weighted by molar-refractivity contribution is 6.32. The first-order valence-corrected chi connectivity index (χ1v) is 9.72. The lowest BCUT2D eigenvalue weighted by atomic mass is 10.00. The van der Waals surface area contributed by atoms with Gasteiger partial charge >= 0.3 is 0 Å². The van der Waals surface area contributed by atoms with Crippen molar-refractivity contribution in [2.24, 2.45) is 0 Å². The molecule has 0 bridgehead atoms. The zero-order valence-corrected chi connectivity index (χ0v) is 17.0. The van der Waals surface area contributed by atoms with Crippen LogP contribution in [0.4, 0.5) is 11.5 Å². The molecule has 2 aromatic carbocycles. The molecule has 4 N–H and O–H groups in total. The highest BCUT2D eigenvalue weighted by Gasteiger charge is 2.32. The highest BCUT2D eigenvalue weighted by atomic mass is 35.5. The number of hydrogen-bond acceptors (Lipinski definition) is 8. The van der Waals surface area contributed by atoms with Crippen LogP contribution in [-0.4, -0.2) is 52.8 Å². The molecule has 1 fully saturated rings. The number of aliphatic hydroxyl groups excluding tert-OH is 2. The number of hydrogen-bond donors (Lipinski definition) is 3. The van der Waals surface area contributed by atoms with Gasteiger partial charge in [-0.25, -0.2) is 0 Å². The minimum absolute atomic E-state index is 0.234. The van der Waals surface area contributed by atoms with Crippen molar-refractivity contribution < 1.29 is 14.9 Å². The van der Waals surface area contributed by atoms with E-state index in [0.717, 1.165) is 5.56 Å². The molecule has 1 aromatic heterocycles. The minimum atomic E-state index is -0.862. The third kappa shape index (κ3) is 3.48. The molecule has 0 saturated carbocycles. The molecular formula is C21H20ClN5O3. The molecule has 1 aliphatic rings. The molecule has 0 spiro atoms.